The van der Waals surface area contributed by atoms with Gasteiger partial charge >= 0.3 is 0 Å². The summed E-state index contributed by atoms with van der Waals surface area (Å²) in [7, 11) is 0. The minimum absolute atomic E-state index is 0.00955. The lowest BCUT2D eigenvalue weighted by Gasteiger charge is -2.31. The molecule has 5 nitrogen and oxygen atoms in total. The summed E-state index contributed by atoms with van der Waals surface area (Å²) in [5.74, 6) is 0.202. The summed E-state index contributed by atoms with van der Waals surface area (Å²) in [5.41, 5.74) is 1.50. The van der Waals surface area contributed by atoms with E-state index < -0.39 is 0 Å². The van der Waals surface area contributed by atoms with E-state index in [-0.39, 0.29) is 24.4 Å². The molecule has 0 radical (unpaired) electrons. The van der Waals surface area contributed by atoms with Crippen LogP contribution < -0.4 is 5.32 Å². The van der Waals surface area contributed by atoms with Gasteiger partial charge in [-0.05, 0) is 41.8 Å². The Morgan fingerprint density at radius 3 is 2.90 bits per heavy atom. The topological polar surface area (TPSA) is 62.3 Å². The van der Waals surface area contributed by atoms with Gasteiger partial charge in [0.1, 0.15) is 0 Å². The van der Waals surface area contributed by atoms with Gasteiger partial charge in [0.05, 0.1) is 17.8 Å². The second kappa shape index (κ2) is 5.16. The van der Waals surface area contributed by atoms with Crippen molar-refractivity contribution in [1.29, 1.82) is 0 Å². The average molecular weight is 338 g/mol. The molecule has 0 bridgehead atoms. The zero-order valence-electron chi connectivity index (χ0n) is 11.2. The maximum Gasteiger partial charge on any atom is 0.256 e. The number of amides is 2. The van der Waals surface area contributed by atoms with Crippen LogP contribution in [0.4, 0.5) is 0 Å². The van der Waals surface area contributed by atoms with Crippen LogP contribution in [0.1, 0.15) is 41.7 Å². The first-order valence-corrected chi connectivity index (χ1v) is 7.58. The lowest BCUT2D eigenvalue weighted by Crippen LogP contribution is -2.54. The summed E-state index contributed by atoms with van der Waals surface area (Å²) in [5, 5.41) is 2.82. The normalized spacial score (nSPS) is 22.6. The summed E-state index contributed by atoms with van der Waals surface area (Å²) in [6.45, 7) is 2.57. The Hall–Kier alpha value is -1.43. The fraction of sp³-hybridized carbons (Fsp3) is 0.500. The number of hydrogen-bond donors (Lipinski definition) is 1. The average Bonchev–Trinajstić information content (AvgIpc) is 3.21. The van der Waals surface area contributed by atoms with Crippen LogP contribution in [0, 0.1) is 0 Å². The lowest BCUT2D eigenvalue weighted by atomic mass is 10.1. The van der Waals surface area contributed by atoms with Gasteiger partial charge in [-0.3, -0.25) is 14.6 Å². The van der Waals surface area contributed by atoms with Gasteiger partial charge in [0.25, 0.3) is 5.91 Å². The highest BCUT2D eigenvalue weighted by atomic mass is 79.9. The molecule has 2 amide bonds. The van der Waals surface area contributed by atoms with Gasteiger partial charge in [0, 0.05) is 29.2 Å². The van der Waals surface area contributed by atoms with Crippen molar-refractivity contribution < 1.29 is 9.59 Å². The van der Waals surface area contributed by atoms with Gasteiger partial charge in [-0.15, -0.1) is 0 Å². The van der Waals surface area contributed by atoms with Crippen molar-refractivity contribution in [1.82, 2.24) is 15.2 Å². The van der Waals surface area contributed by atoms with E-state index in [1.807, 2.05) is 13.0 Å². The van der Waals surface area contributed by atoms with Gasteiger partial charge in [-0.25, -0.2) is 0 Å². The van der Waals surface area contributed by atoms with E-state index in [1.54, 1.807) is 11.1 Å². The maximum absolute atomic E-state index is 12.7. The first-order chi connectivity index (χ1) is 9.54. The van der Waals surface area contributed by atoms with Gasteiger partial charge in [-0.1, -0.05) is 0 Å². The number of pyridine rings is 1. The van der Waals surface area contributed by atoms with Crippen LogP contribution >= 0.6 is 15.9 Å². The third kappa shape index (κ3) is 2.70. The molecule has 0 aromatic carbocycles. The summed E-state index contributed by atoms with van der Waals surface area (Å²) >= 11 is 3.37. The standard InChI is InChI=1S/C14H16BrN3O2/c1-8-6-18(7-12(19)17-8)14(20)11-4-10(15)5-16-13(11)9-2-3-9/h4-5,8-9H,2-3,6-7H2,1H3,(H,17,19). The van der Waals surface area contributed by atoms with Gasteiger partial charge in [0.2, 0.25) is 5.91 Å². The molecule has 20 heavy (non-hydrogen) atoms. The van der Waals surface area contributed by atoms with E-state index >= 15 is 0 Å². The van der Waals surface area contributed by atoms with Crippen LogP contribution in [0.3, 0.4) is 0 Å². The van der Waals surface area contributed by atoms with Crippen LogP contribution in [0.15, 0.2) is 16.7 Å². The van der Waals surface area contributed by atoms with Gasteiger partial charge in [0.15, 0.2) is 0 Å². The largest absolute Gasteiger partial charge is 0.350 e. The molecule has 106 valence electrons. The maximum atomic E-state index is 12.7. The Balaban J connectivity index is 1.89. The molecule has 6 heteroatoms. The van der Waals surface area contributed by atoms with E-state index in [9.17, 15) is 9.59 Å². The lowest BCUT2D eigenvalue weighted by molar-refractivity contribution is -0.124. The molecule has 1 aromatic rings. The minimum atomic E-state index is -0.104. The molecule has 2 aliphatic rings. The zero-order chi connectivity index (χ0) is 14.3. The number of hydrogen-bond acceptors (Lipinski definition) is 3. The van der Waals surface area contributed by atoms with E-state index in [1.165, 1.54) is 0 Å². The van der Waals surface area contributed by atoms with Crippen molar-refractivity contribution in [3.63, 3.8) is 0 Å². The number of aromatic nitrogens is 1. The van der Waals surface area contributed by atoms with Crippen LogP contribution in [0.5, 0.6) is 0 Å². The van der Waals surface area contributed by atoms with Crippen molar-refractivity contribution in [3.8, 4) is 0 Å². The second-order valence-corrected chi connectivity index (χ2v) is 6.43. The minimum Gasteiger partial charge on any atom is -0.350 e. The predicted octanol–water partition coefficient (Wildman–Crippen LogP) is 1.68. The van der Waals surface area contributed by atoms with Gasteiger partial charge < -0.3 is 10.2 Å². The molecule has 1 N–H and O–H groups in total. The highest BCUT2D eigenvalue weighted by Gasteiger charge is 2.33. The molecule has 1 saturated carbocycles. The summed E-state index contributed by atoms with van der Waals surface area (Å²) in [6.07, 6.45) is 3.91. The smallest absolute Gasteiger partial charge is 0.256 e. The zero-order valence-corrected chi connectivity index (χ0v) is 12.8. The SMILES string of the molecule is CC1CN(C(=O)c2cc(Br)cnc2C2CC2)CC(=O)N1. The number of carbonyl (C=O) groups is 2. The molecule has 3 rings (SSSR count). The predicted molar refractivity (Wildman–Crippen MR) is 77.4 cm³/mol. The van der Waals surface area contributed by atoms with E-state index in [2.05, 4.69) is 26.2 Å². The van der Waals surface area contributed by atoms with Crippen molar-refractivity contribution in [3.05, 3.63) is 28.0 Å². The quantitative estimate of drug-likeness (QED) is 0.893. The monoisotopic (exact) mass is 337 g/mol. The van der Waals surface area contributed by atoms with Crippen molar-refractivity contribution in [2.45, 2.75) is 31.7 Å². The highest BCUT2D eigenvalue weighted by molar-refractivity contribution is 9.10. The molecular weight excluding hydrogens is 322 g/mol. The number of nitrogens with one attached hydrogen (secondary N) is 1. The first-order valence-electron chi connectivity index (χ1n) is 6.78. The number of rotatable bonds is 2. The molecule has 1 saturated heterocycles. The van der Waals surface area contributed by atoms with E-state index in [0.29, 0.717) is 18.0 Å². The second-order valence-electron chi connectivity index (χ2n) is 5.51. The number of piperazine rings is 1. The van der Waals surface area contributed by atoms with Crippen molar-refractivity contribution in [2.75, 3.05) is 13.1 Å². The highest BCUT2D eigenvalue weighted by Crippen LogP contribution is 2.41. The fourth-order valence-corrected chi connectivity index (χ4v) is 2.89. The third-order valence-electron chi connectivity index (χ3n) is 3.60. The summed E-state index contributed by atoms with van der Waals surface area (Å²) in [4.78, 5) is 30.3. The van der Waals surface area contributed by atoms with E-state index in [4.69, 9.17) is 0 Å². The Bertz CT molecular complexity index is 572. The molecule has 1 aromatic heterocycles. The first kappa shape index (κ1) is 13.5. The van der Waals surface area contributed by atoms with E-state index in [0.717, 1.165) is 23.0 Å². The summed E-state index contributed by atoms with van der Waals surface area (Å²) < 4.78 is 0.791. The molecule has 2 fully saturated rings. The number of carbonyl (C=O) groups excluding carboxylic acids is 2. The molecule has 1 unspecified atom stereocenters. The Labute approximate surface area is 125 Å². The van der Waals surface area contributed by atoms with Crippen LogP contribution in [-0.2, 0) is 4.79 Å². The molecule has 1 aliphatic carbocycles. The van der Waals surface area contributed by atoms with Gasteiger partial charge in [-0.2, -0.15) is 0 Å². The number of nitrogens with zero attached hydrogens (tertiary/aromatic N) is 2. The molecule has 2 heterocycles. The summed E-state index contributed by atoms with van der Waals surface area (Å²) in [6, 6.07) is 1.81. The fourth-order valence-electron chi connectivity index (χ4n) is 2.56. The Morgan fingerprint density at radius 1 is 1.50 bits per heavy atom. The third-order valence-corrected chi connectivity index (χ3v) is 4.04. The Morgan fingerprint density at radius 2 is 2.25 bits per heavy atom. The van der Waals surface area contributed by atoms with Crippen LogP contribution in [0.25, 0.3) is 0 Å². The van der Waals surface area contributed by atoms with Crippen LogP contribution in [-0.4, -0.2) is 40.8 Å². The molecule has 0 spiro atoms. The number of halogens is 1. The van der Waals surface area contributed by atoms with Crippen LogP contribution in [0.2, 0.25) is 0 Å². The van der Waals surface area contributed by atoms with Crippen molar-refractivity contribution in [2.24, 2.45) is 0 Å². The molecule has 1 atom stereocenters. The molecule has 1 aliphatic heterocycles. The molecular formula is C14H16BrN3O2. The Kier molecular flexibility index (Phi) is 3.50. The van der Waals surface area contributed by atoms with Crippen molar-refractivity contribution >= 4 is 27.7 Å².